The fourth-order valence-electron chi connectivity index (χ4n) is 4.33. The van der Waals surface area contributed by atoms with E-state index in [2.05, 4.69) is 60.6 Å². The van der Waals surface area contributed by atoms with Crippen LogP contribution in [-0.4, -0.2) is 69.1 Å². The van der Waals surface area contributed by atoms with Crippen molar-refractivity contribution >= 4 is 33.5 Å². The highest BCUT2D eigenvalue weighted by molar-refractivity contribution is 14.1. The summed E-state index contributed by atoms with van der Waals surface area (Å²) < 4.78 is 6.68. The quantitative estimate of drug-likeness (QED) is 0.332. The standard InChI is InChI=1S/C24H29IN4O3/c1-32-15-19-11-17(14-29-9-7-28(8-10-29)6-2-5-25)3-4-20(19)18-12-21-23(22(30)13-18)26-16-27-24(21)31/h3-4,11-13,16,30H,2,5-10,14-15H2,1H3,(H,26,27,31). The lowest BCUT2D eigenvalue weighted by molar-refractivity contribution is 0.127. The van der Waals surface area contributed by atoms with Crippen LogP contribution >= 0.6 is 22.6 Å². The van der Waals surface area contributed by atoms with Crippen LogP contribution in [0.5, 0.6) is 5.75 Å². The number of methoxy groups -OCH3 is 1. The van der Waals surface area contributed by atoms with Gasteiger partial charge in [0.05, 0.1) is 18.3 Å². The van der Waals surface area contributed by atoms with Gasteiger partial charge in [0.2, 0.25) is 0 Å². The minimum atomic E-state index is -0.269. The molecule has 0 amide bonds. The molecule has 0 saturated carbocycles. The first kappa shape index (κ1) is 23.2. The first-order chi connectivity index (χ1) is 15.6. The van der Waals surface area contributed by atoms with E-state index in [1.165, 1.54) is 29.3 Å². The summed E-state index contributed by atoms with van der Waals surface area (Å²) in [6, 6.07) is 9.81. The molecular weight excluding hydrogens is 519 g/mol. The molecule has 0 unspecified atom stereocenters. The Morgan fingerprint density at radius 2 is 1.94 bits per heavy atom. The molecule has 170 valence electrons. The monoisotopic (exact) mass is 548 g/mol. The van der Waals surface area contributed by atoms with Crippen LogP contribution in [0.15, 0.2) is 41.5 Å². The van der Waals surface area contributed by atoms with Gasteiger partial charge in [-0.1, -0.05) is 40.8 Å². The molecule has 3 aromatic rings. The number of phenols is 1. The Hall–Kier alpha value is -2.01. The molecule has 0 radical (unpaired) electrons. The van der Waals surface area contributed by atoms with E-state index in [0.29, 0.717) is 17.5 Å². The van der Waals surface area contributed by atoms with E-state index in [1.54, 1.807) is 19.2 Å². The summed E-state index contributed by atoms with van der Waals surface area (Å²) in [7, 11) is 1.68. The topological polar surface area (TPSA) is 81.7 Å². The first-order valence-corrected chi connectivity index (χ1v) is 12.4. The number of phenolic OH excluding ortho intramolecular Hbond substituents is 1. The van der Waals surface area contributed by atoms with Crippen LogP contribution < -0.4 is 5.56 Å². The van der Waals surface area contributed by atoms with Crippen LogP contribution in [-0.2, 0) is 17.9 Å². The van der Waals surface area contributed by atoms with Gasteiger partial charge in [0.1, 0.15) is 11.3 Å². The smallest absolute Gasteiger partial charge is 0.258 e. The van der Waals surface area contributed by atoms with Crippen molar-refractivity contribution in [3.63, 3.8) is 0 Å². The highest BCUT2D eigenvalue weighted by atomic mass is 127. The molecule has 0 aliphatic carbocycles. The summed E-state index contributed by atoms with van der Waals surface area (Å²) in [5.41, 5.74) is 4.03. The van der Waals surface area contributed by atoms with Gasteiger partial charge in [-0.3, -0.25) is 9.69 Å². The Labute approximate surface area is 201 Å². The van der Waals surface area contributed by atoms with Crippen LogP contribution in [0.1, 0.15) is 17.5 Å². The average Bonchev–Trinajstić information content (AvgIpc) is 2.80. The van der Waals surface area contributed by atoms with E-state index in [1.807, 2.05) is 0 Å². The van der Waals surface area contributed by atoms with E-state index in [0.717, 1.165) is 49.4 Å². The minimum Gasteiger partial charge on any atom is -0.506 e. The highest BCUT2D eigenvalue weighted by Crippen LogP contribution is 2.32. The lowest BCUT2D eigenvalue weighted by atomic mass is 9.96. The number of aromatic hydroxyl groups is 1. The van der Waals surface area contributed by atoms with Gasteiger partial charge in [0, 0.05) is 44.3 Å². The largest absolute Gasteiger partial charge is 0.506 e. The van der Waals surface area contributed by atoms with Gasteiger partial charge >= 0.3 is 0 Å². The summed E-state index contributed by atoms with van der Waals surface area (Å²) in [5.74, 6) is -0.00326. The second-order valence-corrected chi connectivity index (χ2v) is 9.29. The predicted molar refractivity (Wildman–Crippen MR) is 135 cm³/mol. The number of piperazine rings is 1. The van der Waals surface area contributed by atoms with Crippen molar-refractivity contribution < 1.29 is 9.84 Å². The molecule has 1 fully saturated rings. The summed E-state index contributed by atoms with van der Waals surface area (Å²) in [6.45, 7) is 6.96. The Kier molecular flexibility index (Phi) is 7.77. The van der Waals surface area contributed by atoms with Crippen molar-refractivity contribution in [2.75, 3.05) is 44.3 Å². The van der Waals surface area contributed by atoms with Gasteiger partial charge in [-0.15, -0.1) is 0 Å². The minimum absolute atomic E-state index is 0.00326. The number of alkyl halides is 1. The van der Waals surface area contributed by atoms with Crippen LogP contribution in [0.25, 0.3) is 22.0 Å². The summed E-state index contributed by atoms with van der Waals surface area (Å²) >= 11 is 2.45. The number of H-pyrrole nitrogens is 1. The van der Waals surface area contributed by atoms with Crippen molar-refractivity contribution in [2.24, 2.45) is 0 Å². The second kappa shape index (κ2) is 10.7. The zero-order valence-electron chi connectivity index (χ0n) is 18.3. The van der Waals surface area contributed by atoms with Gasteiger partial charge in [0.15, 0.2) is 0 Å². The zero-order valence-corrected chi connectivity index (χ0v) is 20.5. The van der Waals surface area contributed by atoms with E-state index in [9.17, 15) is 9.90 Å². The maximum atomic E-state index is 12.2. The molecule has 8 heteroatoms. The highest BCUT2D eigenvalue weighted by Gasteiger charge is 2.18. The molecular formula is C24H29IN4O3. The van der Waals surface area contributed by atoms with Crippen LogP contribution in [0.3, 0.4) is 0 Å². The van der Waals surface area contributed by atoms with Gasteiger partial charge in [-0.05, 0) is 47.4 Å². The van der Waals surface area contributed by atoms with Crippen molar-refractivity contribution in [3.8, 4) is 16.9 Å². The van der Waals surface area contributed by atoms with E-state index in [4.69, 9.17) is 4.74 Å². The number of nitrogens with one attached hydrogen (secondary N) is 1. The third-order valence-corrected chi connectivity index (χ3v) is 6.75. The molecule has 1 aliphatic heterocycles. The SMILES string of the molecule is COCc1cc(CN2CCN(CCCI)CC2)ccc1-c1cc(O)c2nc[nH]c(=O)c2c1. The number of hydrogen-bond donors (Lipinski definition) is 2. The zero-order chi connectivity index (χ0) is 22.5. The number of hydrogen-bond acceptors (Lipinski definition) is 6. The fourth-order valence-corrected chi connectivity index (χ4v) is 4.67. The van der Waals surface area contributed by atoms with Crippen LogP contribution in [0.2, 0.25) is 0 Å². The third kappa shape index (κ3) is 5.31. The lowest BCUT2D eigenvalue weighted by Crippen LogP contribution is -2.46. The number of ether oxygens (including phenoxy) is 1. The van der Waals surface area contributed by atoms with Crippen molar-refractivity contribution in [1.29, 1.82) is 0 Å². The molecule has 1 saturated heterocycles. The average molecular weight is 548 g/mol. The van der Waals surface area contributed by atoms with Gasteiger partial charge in [-0.25, -0.2) is 4.98 Å². The van der Waals surface area contributed by atoms with E-state index < -0.39 is 0 Å². The second-order valence-electron chi connectivity index (χ2n) is 8.21. The third-order valence-electron chi connectivity index (χ3n) is 5.98. The molecule has 0 spiro atoms. The molecule has 2 N–H and O–H groups in total. The van der Waals surface area contributed by atoms with Crippen molar-refractivity contribution in [3.05, 3.63) is 58.1 Å². The molecule has 1 aliphatic rings. The van der Waals surface area contributed by atoms with Crippen molar-refractivity contribution in [2.45, 2.75) is 19.6 Å². The predicted octanol–water partition coefficient (Wildman–Crippen LogP) is 3.38. The maximum absolute atomic E-state index is 12.2. The molecule has 1 aromatic heterocycles. The number of nitrogens with zero attached hydrogens (tertiary/aromatic N) is 3. The number of aromatic nitrogens is 2. The molecule has 0 atom stereocenters. The Morgan fingerprint density at radius 1 is 1.16 bits per heavy atom. The van der Waals surface area contributed by atoms with Crippen LogP contribution in [0.4, 0.5) is 0 Å². The van der Waals surface area contributed by atoms with Gasteiger partial charge in [-0.2, -0.15) is 0 Å². The molecule has 7 nitrogen and oxygen atoms in total. The van der Waals surface area contributed by atoms with Crippen LogP contribution in [0, 0.1) is 0 Å². The summed E-state index contributed by atoms with van der Waals surface area (Å²) in [4.78, 5) is 24.0. The Bertz CT molecular complexity index is 1130. The number of rotatable bonds is 8. The Balaban J connectivity index is 1.56. The fraction of sp³-hybridized carbons (Fsp3) is 0.417. The summed E-state index contributed by atoms with van der Waals surface area (Å²) in [6.07, 6.45) is 2.56. The normalized spacial score (nSPS) is 15.4. The molecule has 2 aromatic carbocycles. The number of fused-ring (bicyclic) bond motifs is 1. The van der Waals surface area contributed by atoms with Gasteiger partial charge in [0.25, 0.3) is 5.56 Å². The van der Waals surface area contributed by atoms with Crippen molar-refractivity contribution in [1.82, 2.24) is 19.8 Å². The maximum Gasteiger partial charge on any atom is 0.258 e. The Morgan fingerprint density at radius 3 is 2.69 bits per heavy atom. The first-order valence-electron chi connectivity index (χ1n) is 10.9. The van der Waals surface area contributed by atoms with E-state index in [-0.39, 0.29) is 11.3 Å². The lowest BCUT2D eigenvalue weighted by Gasteiger charge is -2.34. The van der Waals surface area contributed by atoms with E-state index >= 15 is 0 Å². The molecule has 2 heterocycles. The number of benzene rings is 2. The molecule has 0 bridgehead atoms. The summed E-state index contributed by atoms with van der Waals surface area (Å²) in [5, 5.41) is 10.8. The molecule has 4 rings (SSSR count). The number of aromatic amines is 1. The molecule has 32 heavy (non-hydrogen) atoms. The van der Waals surface area contributed by atoms with Gasteiger partial charge < -0.3 is 19.7 Å². The number of halogens is 1.